The van der Waals surface area contributed by atoms with Gasteiger partial charge in [0.1, 0.15) is 0 Å². The van der Waals surface area contributed by atoms with Crippen LogP contribution in [0.15, 0.2) is 0 Å². The third kappa shape index (κ3) is 4.09. The second-order valence-electron chi connectivity index (χ2n) is 2.58. The fraction of sp³-hybridized carbons (Fsp3) is 0.750. The topological polar surface area (TPSA) is 26.3 Å². The van der Waals surface area contributed by atoms with Gasteiger partial charge in [0.05, 0.1) is 12.0 Å². The van der Waals surface area contributed by atoms with E-state index in [0.717, 1.165) is 6.42 Å². The highest BCUT2D eigenvalue weighted by molar-refractivity contribution is 7.79. The van der Waals surface area contributed by atoms with Crippen molar-refractivity contribution in [3.63, 3.8) is 0 Å². The summed E-state index contributed by atoms with van der Waals surface area (Å²) < 4.78 is 5.02. The van der Waals surface area contributed by atoms with Crippen molar-refractivity contribution in [1.82, 2.24) is 0 Å². The van der Waals surface area contributed by atoms with Crippen LogP contribution in [0.2, 0.25) is 0 Å². The third-order valence-electron chi connectivity index (χ3n) is 1.47. The first-order chi connectivity index (χ1) is 5.11. The second kappa shape index (κ2) is 5.24. The largest absolute Gasteiger partial charge is 0.462 e. The van der Waals surface area contributed by atoms with Crippen molar-refractivity contribution in [2.75, 3.05) is 0 Å². The van der Waals surface area contributed by atoms with E-state index >= 15 is 0 Å². The van der Waals surface area contributed by atoms with E-state index in [0.29, 0.717) is 0 Å². The van der Waals surface area contributed by atoms with Crippen LogP contribution >= 0.6 is 12.2 Å². The molecule has 0 radical (unpaired) electrons. The van der Waals surface area contributed by atoms with Gasteiger partial charge in [0.2, 0.25) is 0 Å². The van der Waals surface area contributed by atoms with Crippen LogP contribution < -0.4 is 0 Å². The number of hydrogen-bond donors (Lipinski definition) is 0. The van der Waals surface area contributed by atoms with Crippen LogP contribution in [0, 0.1) is 5.92 Å². The second-order valence-corrected chi connectivity index (χ2v) is 2.85. The first kappa shape index (κ1) is 10.6. The Kier molecular flexibility index (Phi) is 5.03. The Morgan fingerprint density at radius 1 is 1.64 bits per heavy atom. The van der Waals surface area contributed by atoms with Crippen LogP contribution in [0.4, 0.5) is 0 Å². The zero-order valence-corrected chi connectivity index (χ0v) is 7.98. The van der Waals surface area contributed by atoms with Crippen LogP contribution in [-0.2, 0) is 9.53 Å². The molecule has 2 unspecified atom stereocenters. The van der Waals surface area contributed by atoms with Gasteiger partial charge in [-0.2, -0.15) is 0 Å². The molecule has 0 bridgehead atoms. The molecule has 0 rings (SSSR count). The lowest BCUT2D eigenvalue weighted by atomic mass is 10.2. The predicted molar refractivity (Wildman–Crippen MR) is 48.7 cm³/mol. The molecule has 0 amide bonds. The molecule has 0 aliphatic carbocycles. The quantitative estimate of drug-likeness (QED) is 0.481. The summed E-state index contributed by atoms with van der Waals surface area (Å²) in [5.41, 5.74) is 0. The minimum atomic E-state index is -0.265. The Hall–Kier alpha value is -0.440. The lowest BCUT2D eigenvalue weighted by Crippen LogP contribution is -2.20. The average Bonchev–Trinajstić information content (AvgIpc) is 2.02. The summed E-state index contributed by atoms with van der Waals surface area (Å²) in [4.78, 5) is 11.0. The minimum Gasteiger partial charge on any atom is -0.462 e. The summed E-state index contributed by atoms with van der Waals surface area (Å²) in [5.74, 6) is -0.492. The summed E-state index contributed by atoms with van der Waals surface area (Å²) in [6, 6.07) is 0. The van der Waals surface area contributed by atoms with Crippen molar-refractivity contribution >= 4 is 23.6 Å². The monoisotopic (exact) mass is 174 g/mol. The van der Waals surface area contributed by atoms with Gasteiger partial charge in [0, 0.05) is 0 Å². The highest BCUT2D eigenvalue weighted by Gasteiger charge is 2.13. The summed E-state index contributed by atoms with van der Waals surface area (Å²) in [6.45, 7) is 5.58. The normalized spacial score (nSPS) is 15.2. The first-order valence-corrected chi connectivity index (χ1v) is 4.24. The smallest absolute Gasteiger partial charge is 0.313 e. The van der Waals surface area contributed by atoms with Gasteiger partial charge in [-0.1, -0.05) is 19.1 Å². The van der Waals surface area contributed by atoms with Gasteiger partial charge in [-0.15, -0.1) is 0 Å². The average molecular weight is 174 g/mol. The molecule has 64 valence electrons. The number of rotatable bonds is 4. The van der Waals surface area contributed by atoms with Gasteiger partial charge in [-0.05, 0) is 25.6 Å². The molecular formula is C8H14O2S. The van der Waals surface area contributed by atoms with E-state index in [-0.39, 0.29) is 18.0 Å². The molecule has 0 saturated heterocycles. The van der Waals surface area contributed by atoms with Crippen LogP contribution in [0.25, 0.3) is 0 Å². The fourth-order valence-corrected chi connectivity index (χ4v) is 0.556. The molecule has 0 aliphatic heterocycles. The predicted octanol–water partition coefficient (Wildman–Crippen LogP) is 1.96. The highest BCUT2D eigenvalue weighted by atomic mass is 32.1. The molecule has 0 aromatic rings. The zero-order chi connectivity index (χ0) is 8.85. The molecule has 0 aromatic carbocycles. The van der Waals surface area contributed by atoms with Crippen molar-refractivity contribution in [2.45, 2.75) is 33.3 Å². The Bertz CT molecular complexity index is 145. The van der Waals surface area contributed by atoms with Crippen molar-refractivity contribution in [3.8, 4) is 0 Å². The molecular weight excluding hydrogens is 160 g/mol. The van der Waals surface area contributed by atoms with E-state index in [4.69, 9.17) is 4.74 Å². The Labute approximate surface area is 72.9 Å². The van der Waals surface area contributed by atoms with Crippen molar-refractivity contribution in [2.24, 2.45) is 5.92 Å². The number of ether oxygens (including phenoxy) is 1. The third-order valence-corrected chi connectivity index (χ3v) is 1.88. The maximum absolute atomic E-state index is 11.0. The summed E-state index contributed by atoms with van der Waals surface area (Å²) in [6.07, 6.45) is 0.843. The van der Waals surface area contributed by atoms with E-state index in [1.807, 2.05) is 13.8 Å². The van der Waals surface area contributed by atoms with Crippen molar-refractivity contribution < 1.29 is 9.53 Å². The van der Waals surface area contributed by atoms with E-state index in [1.165, 1.54) is 5.37 Å². The molecule has 0 spiro atoms. The standard InChI is InChI=1S/C8H14O2S/c1-4-7(3)10-8(9)6(2)5-11/h5-7H,4H2,1-3H3. The first-order valence-electron chi connectivity index (χ1n) is 3.77. The maximum Gasteiger partial charge on any atom is 0.313 e. The number of carbonyl (C=O) groups is 1. The molecule has 0 heterocycles. The molecule has 0 N–H and O–H groups in total. The number of carbonyl (C=O) groups excluding carboxylic acids is 1. The minimum absolute atomic E-state index is 0.0000926. The maximum atomic E-state index is 11.0. The molecule has 2 nitrogen and oxygen atoms in total. The fourth-order valence-electron chi connectivity index (χ4n) is 0.445. The summed E-state index contributed by atoms with van der Waals surface area (Å²) in [5, 5.41) is 1.42. The lowest BCUT2D eigenvalue weighted by Gasteiger charge is -2.12. The molecule has 0 aromatic heterocycles. The molecule has 0 aliphatic rings. The zero-order valence-electron chi connectivity index (χ0n) is 7.16. The molecule has 11 heavy (non-hydrogen) atoms. The van der Waals surface area contributed by atoms with E-state index in [9.17, 15) is 4.79 Å². The van der Waals surface area contributed by atoms with Crippen molar-refractivity contribution in [1.29, 1.82) is 0 Å². The van der Waals surface area contributed by atoms with Crippen molar-refractivity contribution in [3.05, 3.63) is 0 Å². The van der Waals surface area contributed by atoms with Crippen LogP contribution in [-0.4, -0.2) is 17.4 Å². The molecule has 0 fully saturated rings. The Morgan fingerprint density at radius 2 is 2.18 bits per heavy atom. The Balaban J connectivity index is 3.77. The number of hydrogen-bond acceptors (Lipinski definition) is 3. The van der Waals surface area contributed by atoms with Gasteiger partial charge >= 0.3 is 5.97 Å². The highest BCUT2D eigenvalue weighted by Crippen LogP contribution is 2.01. The van der Waals surface area contributed by atoms with E-state index in [1.54, 1.807) is 6.92 Å². The van der Waals surface area contributed by atoms with Gasteiger partial charge in [-0.25, -0.2) is 0 Å². The molecule has 2 atom stereocenters. The van der Waals surface area contributed by atoms with Gasteiger partial charge in [-0.3, -0.25) is 4.79 Å². The van der Waals surface area contributed by atoms with Gasteiger partial charge in [0.25, 0.3) is 0 Å². The Morgan fingerprint density at radius 3 is 2.55 bits per heavy atom. The van der Waals surface area contributed by atoms with Gasteiger partial charge in [0.15, 0.2) is 0 Å². The van der Waals surface area contributed by atoms with E-state index in [2.05, 4.69) is 12.2 Å². The number of thiocarbonyl (C=S) groups is 1. The van der Waals surface area contributed by atoms with Gasteiger partial charge < -0.3 is 4.74 Å². The summed E-state index contributed by atoms with van der Waals surface area (Å²) in [7, 11) is 0. The molecule has 3 heteroatoms. The van der Waals surface area contributed by atoms with E-state index < -0.39 is 0 Å². The molecule has 0 saturated carbocycles. The SMILES string of the molecule is CCC(C)OC(=O)C(C)C=S. The van der Waals surface area contributed by atoms with Crippen LogP contribution in [0.1, 0.15) is 27.2 Å². The number of esters is 1. The lowest BCUT2D eigenvalue weighted by molar-refractivity contribution is -0.150. The van der Waals surface area contributed by atoms with Crippen LogP contribution in [0.3, 0.4) is 0 Å². The van der Waals surface area contributed by atoms with Crippen LogP contribution in [0.5, 0.6) is 0 Å². The summed E-state index contributed by atoms with van der Waals surface area (Å²) >= 11 is 4.61.